The van der Waals surface area contributed by atoms with Gasteiger partial charge in [0.1, 0.15) is 17.0 Å². The summed E-state index contributed by atoms with van der Waals surface area (Å²) in [6, 6.07) is 4.81. The van der Waals surface area contributed by atoms with Crippen LogP contribution in [0.5, 0.6) is 5.88 Å². The number of methoxy groups -OCH3 is 1. The van der Waals surface area contributed by atoms with Crippen LogP contribution in [0.1, 0.15) is 5.56 Å². The second-order valence-electron chi connectivity index (χ2n) is 4.07. The second-order valence-corrected chi connectivity index (χ2v) is 5.10. The summed E-state index contributed by atoms with van der Waals surface area (Å²) in [5, 5.41) is 14.7. The summed E-state index contributed by atoms with van der Waals surface area (Å²) >= 11 is 1.44. The maximum atomic E-state index is 10.8. The van der Waals surface area contributed by atoms with Crippen LogP contribution in [0.2, 0.25) is 0 Å². The quantitative estimate of drug-likeness (QED) is 0.516. The third-order valence-corrected chi connectivity index (χ3v) is 4.01. The minimum atomic E-state index is -0.399. The molecular formula is C12H10N4O3S. The zero-order valence-corrected chi connectivity index (χ0v) is 11.3. The van der Waals surface area contributed by atoms with E-state index in [1.807, 2.05) is 0 Å². The molecule has 2 aromatic rings. The highest BCUT2D eigenvalue weighted by Crippen LogP contribution is 2.41. The zero-order valence-electron chi connectivity index (χ0n) is 10.5. The van der Waals surface area contributed by atoms with Crippen LogP contribution in [0.25, 0.3) is 0 Å². The Hall–Kier alpha value is -2.35. The van der Waals surface area contributed by atoms with Gasteiger partial charge in [0, 0.05) is 23.6 Å². The number of nitro benzene ring substituents is 1. The third-order valence-electron chi connectivity index (χ3n) is 2.89. The van der Waals surface area contributed by atoms with Gasteiger partial charge in [0.15, 0.2) is 0 Å². The van der Waals surface area contributed by atoms with E-state index in [1.54, 1.807) is 12.1 Å². The number of anilines is 1. The highest BCUT2D eigenvalue weighted by Gasteiger charge is 2.20. The Morgan fingerprint density at radius 1 is 1.45 bits per heavy atom. The van der Waals surface area contributed by atoms with Crippen molar-refractivity contribution in [1.82, 2.24) is 9.97 Å². The number of non-ortho nitro benzene ring substituents is 1. The molecule has 0 atom stereocenters. The molecule has 0 unspecified atom stereocenters. The predicted molar refractivity (Wildman–Crippen MR) is 73.1 cm³/mol. The van der Waals surface area contributed by atoms with Gasteiger partial charge in [0.2, 0.25) is 5.88 Å². The topological polar surface area (TPSA) is 90.2 Å². The summed E-state index contributed by atoms with van der Waals surface area (Å²) in [6.45, 7) is 0.459. The summed E-state index contributed by atoms with van der Waals surface area (Å²) in [7, 11) is 1.54. The van der Waals surface area contributed by atoms with Crippen LogP contribution >= 0.6 is 11.8 Å². The predicted octanol–water partition coefficient (Wildman–Crippen LogP) is 2.47. The van der Waals surface area contributed by atoms with Gasteiger partial charge in [0.25, 0.3) is 5.69 Å². The highest BCUT2D eigenvalue weighted by atomic mass is 32.2. The Bertz CT molecular complexity index is 692. The lowest BCUT2D eigenvalue weighted by atomic mass is 10.2. The Morgan fingerprint density at radius 2 is 2.30 bits per heavy atom. The number of nitrogens with one attached hydrogen (secondary N) is 1. The van der Waals surface area contributed by atoms with Crippen LogP contribution in [0, 0.1) is 10.1 Å². The third kappa shape index (κ3) is 2.14. The molecule has 8 heteroatoms. The summed E-state index contributed by atoms with van der Waals surface area (Å²) in [5.41, 5.74) is 1.64. The van der Waals surface area contributed by atoms with E-state index in [0.29, 0.717) is 18.1 Å². The van der Waals surface area contributed by atoms with Crippen LogP contribution in [0.3, 0.4) is 0 Å². The first-order valence-electron chi connectivity index (χ1n) is 5.77. The maximum Gasteiger partial charge on any atom is 0.269 e. The Kier molecular flexibility index (Phi) is 3.15. The summed E-state index contributed by atoms with van der Waals surface area (Å²) in [6.07, 6.45) is 1.43. The van der Waals surface area contributed by atoms with Crippen molar-refractivity contribution < 1.29 is 9.66 Å². The van der Waals surface area contributed by atoms with Crippen molar-refractivity contribution in [2.24, 2.45) is 0 Å². The van der Waals surface area contributed by atoms with Crippen LogP contribution in [0.15, 0.2) is 34.4 Å². The number of aromatic nitrogens is 2. The Morgan fingerprint density at radius 3 is 3.05 bits per heavy atom. The molecule has 0 saturated carbocycles. The molecule has 0 bridgehead atoms. The normalized spacial score (nSPS) is 12.7. The number of benzene rings is 1. The van der Waals surface area contributed by atoms with Gasteiger partial charge in [-0.2, -0.15) is 4.98 Å². The van der Waals surface area contributed by atoms with E-state index in [2.05, 4.69) is 15.3 Å². The average molecular weight is 290 g/mol. The van der Waals surface area contributed by atoms with E-state index in [1.165, 1.54) is 31.3 Å². The molecule has 1 N–H and O–H groups in total. The monoisotopic (exact) mass is 290 g/mol. The molecule has 3 rings (SSSR count). The molecule has 0 spiro atoms. The van der Waals surface area contributed by atoms with Gasteiger partial charge >= 0.3 is 0 Å². The molecule has 0 radical (unpaired) electrons. The van der Waals surface area contributed by atoms with Crippen molar-refractivity contribution in [1.29, 1.82) is 0 Å². The number of ether oxygens (including phenoxy) is 1. The molecule has 102 valence electrons. The number of rotatable bonds is 2. The lowest BCUT2D eigenvalue weighted by Crippen LogP contribution is -2.03. The smallest absolute Gasteiger partial charge is 0.269 e. The van der Waals surface area contributed by atoms with E-state index in [-0.39, 0.29) is 5.69 Å². The van der Waals surface area contributed by atoms with E-state index in [4.69, 9.17) is 4.74 Å². The van der Waals surface area contributed by atoms with E-state index >= 15 is 0 Å². The van der Waals surface area contributed by atoms with Gasteiger partial charge in [-0.15, -0.1) is 0 Å². The van der Waals surface area contributed by atoms with Gasteiger partial charge in [-0.1, -0.05) is 11.8 Å². The SMILES string of the molecule is COc1ncnc2c1NCc1cc([N+](=O)[O-])ccc1S2. The van der Waals surface area contributed by atoms with Crippen LogP contribution < -0.4 is 10.1 Å². The van der Waals surface area contributed by atoms with Gasteiger partial charge < -0.3 is 10.1 Å². The van der Waals surface area contributed by atoms with Gasteiger partial charge in [-0.3, -0.25) is 10.1 Å². The number of hydrogen-bond donors (Lipinski definition) is 1. The molecule has 0 aliphatic carbocycles. The molecule has 1 aromatic carbocycles. The standard InChI is InChI=1S/C12H10N4O3S/c1-19-11-10-12(15-6-14-11)20-9-3-2-8(16(17)18)4-7(9)5-13-10/h2-4,6,13H,5H2,1H3. The summed E-state index contributed by atoms with van der Waals surface area (Å²) < 4.78 is 5.19. The first kappa shape index (κ1) is 12.7. The molecule has 0 amide bonds. The summed E-state index contributed by atoms with van der Waals surface area (Å²) in [5.74, 6) is 0.463. The zero-order chi connectivity index (χ0) is 14.1. The van der Waals surface area contributed by atoms with E-state index in [9.17, 15) is 10.1 Å². The summed E-state index contributed by atoms with van der Waals surface area (Å²) in [4.78, 5) is 19.6. The fourth-order valence-corrected chi connectivity index (χ4v) is 2.91. The molecule has 0 fully saturated rings. The fraction of sp³-hybridized carbons (Fsp3) is 0.167. The van der Waals surface area contributed by atoms with Crippen molar-refractivity contribution in [3.05, 3.63) is 40.2 Å². The van der Waals surface area contributed by atoms with Crippen molar-refractivity contribution >= 4 is 23.1 Å². The average Bonchev–Trinajstić information content (AvgIpc) is 2.64. The van der Waals surface area contributed by atoms with Crippen molar-refractivity contribution in [2.75, 3.05) is 12.4 Å². The first-order chi connectivity index (χ1) is 9.69. The van der Waals surface area contributed by atoms with Crippen LogP contribution in [-0.4, -0.2) is 22.0 Å². The molecular weight excluding hydrogens is 280 g/mol. The lowest BCUT2D eigenvalue weighted by molar-refractivity contribution is -0.385. The molecule has 1 aromatic heterocycles. The van der Waals surface area contributed by atoms with Gasteiger partial charge in [0.05, 0.1) is 12.0 Å². The molecule has 20 heavy (non-hydrogen) atoms. The largest absolute Gasteiger partial charge is 0.479 e. The van der Waals surface area contributed by atoms with E-state index in [0.717, 1.165) is 15.5 Å². The Balaban J connectivity index is 2.04. The minimum Gasteiger partial charge on any atom is -0.479 e. The second kappa shape index (κ2) is 4.97. The van der Waals surface area contributed by atoms with Crippen molar-refractivity contribution in [2.45, 2.75) is 16.5 Å². The first-order valence-corrected chi connectivity index (χ1v) is 6.58. The molecule has 1 aliphatic heterocycles. The lowest BCUT2D eigenvalue weighted by Gasteiger charge is -2.09. The number of hydrogen-bond acceptors (Lipinski definition) is 7. The van der Waals surface area contributed by atoms with Gasteiger partial charge in [-0.05, 0) is 11.6 Å². The number of fused-ring (bicyclic) bond motifs is 2. The number of nitrogens with zero attached hydrogens (tertiary/aromatic N) is 3. The van der Waals surface area contributed by atoms with Crippen LogP contribution in [0.4, 0.5) is 11.4 Å². The maximum absolute atomic E-state index is 10.8. The van der Waals surface area contributed by atoms with Crippen molar-refractivity contribution in [3.8, 4) is 5.88 Å². The molecule has 0 saturated heterocycles. The van der Waals surface area contributed by atoms with Gasteiger partial charge in [-0.25, -0.2) is 4.98 Å². The molecule has 2 heterocycles. The molecule has 1 aliphatic rings. The number of nitro groups is 1. The molecule has 7 nitrogen and oxygen atoms in total. The van der Waals surface area contributed by atoms with Crippen LogP contribution in [-0.2, 0) is 6.54 Å². The van der Waals surface area contributed by atoms with E-state index < -0.39 is 4.92 Å². The Labute approximate surface area is 118 Å². The minimum absolute atomic E-state index is 0.0788. The fourth-order valence-electron chi connectivity index (χ4n) is 1.94. The highest BCUT2D eigenvalue weighted by molar-refractivity contribution is 7.99. The van der Waals surface area contributed by atoms with Crippen molar-refractivity contribution in [3.63, 3.8) is 0 Å².